The number of alkyl carbamates (subject to hydrolysis) is 1. The average molecular weight is 475 g/mol. The Balaban J connectivity index is 1.35. The largest absolute Gasteiger partial charge is 0.480 e. The van der Waals surface area contributed by atoms with Gasteiger partial charge in [0.05, 0.1) is 13.0 Å². The Morgan fingerprint density at radius 3 is 2.03 bits per heavy atom. The first-order valence-electron chi connectivity index (χ1n) is 11.3. The quantitative estimate of drug-likeness (QED) is 0.378. The maximum atomic E-state index is 12.5. The van der Waals surface area contributed by atoms with Crippen molar-refractivity contribution in [3.8, 4) is 11.1 Å². The second-order valence-corrected chi connectivity index (χ2v) is 8.27. The minimum atomic E-state index is -1.37. The zero-order valence-electron chi connectivity index (χ0n) is 18.9. The third-order valence-electron chi connectivity index (χ3n) is 6.05. The molecule has 8 heteroatoms. The topological polar surface area (TPSA) is 125 Å². The van der Waals surface area contributed by atoms with Gasteiger partial charge in [0.25, 0.3) is 0 Å². The van der Waals surface area contributed by atoms with Crippen LogP contribution in [0.15, 0.2) is 72.8 Å². The summed E-state index contributed by atoms with van der Waals surface area (Å²) in [6, 6.07) is 21.8. The molecule has 1 aliphatic carbocycles. The molecule has 0 heterocycles. The number of hydrogen-bond acceptors (Lipinski definition) is 5. The molecule has 2 amide bonds. The number of carbonyl (C=O) groups excluding carboxylic acids is 2. The number of carbonyl (C=O) groups is 3. The van der Waals surface area contributed by atoms with Gasteiger partial charge in [0.1, 0.15) is 12.6 Å². The number of carboxylic acids is 1. The van der Waals surface area contributed by atoms with E-state index in [1.54, 1.807) is 24.3 Å². The lowest BCUT2D eigenvalue weighted by Crippen LogP contribution is -2.44. The number of fused-ring (bicyclic) bond motifs is 3. The molecule has 3 aromatic carbocycles. The first-order chi connectivity index (χ1) is 17.0. The van der Waals surface area contributed by atoms with Crippen LogP contribution in [0.1, 0.15) is 28.2 Å². The third kappa shape index (κ3) is 5.50. The number of ether oxygens (including phenoxy) is 1. The van der Waals surface area contributed by atoms with Crippen molar-refractivity contribution in [3.63, 3.8) is 0 Å². The number of hydrogen-bond donors (Lipinski definition) is 4. The second-order valence-electron chi connectivity index (χ2n) is 8.27. The molecule has 0 saturated carbocycles. The number of aliphatic hydroxyl groups is 1. The molecule has 0 fully saturated rings. The van der Waals surface area contributed by atoms with E-state index in [0.717, 1.165) is 22.3 Å². The number of aliphatic hydroxyl groups excluding tert-OH is 1. The van der Waals surface area contributed by atoms with Gasteiger partial charge in [-0.2, -0.15) is 0 Å². The summed E-state index contributed by atoms with van der Waals surface area (Å²) in [6.45, 7) is -0.365. The van der Waals surface area contributed by atoms with E-state index in [4.69, 9.17) is 14.9 Å². The van der Waals surface area contributed by atoms with Crippen molar-refractivity contribution < 1.29 is 29.3 Å². The maximum absolute atomic E-state index is 12.5. The van der Waals surface area contributed by atoms with E-state index in [9.17, 15) is 14.4 Å². The van der Waals surface area contributed by atoms with Crippen LogP contribution in [-0.2, 0) is 27.3 Å². The highest BCUT2D eigenvalue weighted by Gasteiger charge is 2.29. The van der Waals surface area contributed by atoms with E-state index in [0.29, 0.717) is 11.1 Å². The molecule has 0 bridgehead atoms. The summed E-state index contributed by atoms with van der Waals surface area (Å²) in [5.41, 5.74) is 5.88. The molecule has 0 radical (unpaired) electrons. The molecule has 3 aromatic rings. The molecule has 0 spiro atoms. The zero-order valence-corrected chi connectivity index (χ0v) is 18.9. The van der Waals surface area contributed by atoms with Gasteiger partial charge in [0.2, 0.25) is 5.91 Å². The van der Waals surface area contributed by atoms with Crippen molar-refractivity contribution in [2.75, 3.05) is 13.2 Å². The highest BCUT2D eigenvalue weighted by molar-refractivity contribution is 5.85. The fourth-order valence-electron chi connectivity index (χ4n) is 4.32. The summed E-state index contributed by atoms with van der Waals surface area (Å²) >= 11 is 0. The minimum Gasteiger partial charge on any atom is -0.480 e. The van der Waals surface area contributed by atoms with Crippen molar-refractivity contribution in [1.82, 2.24) is 10.6 Å². The Kier molecular flexibility index (Phi) is 7.42. The van der Waals surface area contributed by atoms with Crippen molar-refractivity contribution in [2.24, 2.45) is 0 Å². The number of nitrogens with one attached hydrogen (secondary N) is 2. The number of rotatable bonds is 9. The first kappa shape index (κ1) is 24.0. The van der Waals surface area contributed by atoms with Gasteiger partial charge >= 0.3 is 12.1 Å². The van der Waals surface area contributed by atoms with E-state index in [2.05, 4.69) is 22.8 Å². The molecular formula is C27H26N2O6. The summed E-state index contributed by atoms with van der Waals surface area (Å²) < 4.78 is 5.55. The Bertz CT molecular complexity index is 1200. The maximum Gasteiger partial charge on any atom is 0.407 e. The van der Waals surface area contributed by atoms with Gasteiger partial charge in [-0.15, -0.1) is 0 Å². The van der Waals surface area contributed by atoms with Gasteiger partial charge in [0, 0.05) is 12.5 Å². The molecular weight excluding hydrogens is 448 g/mol. The Hall–Kier alpha value is -4.17. The summed E-state index contributed by atoms with van der Waals surface area (Å²) in [7, 11) is 0. The molecule has 4 rings (SSSR count). The first-order valence-corrected chi connectivity index (χ1v) is 11.3. The molecule has 0 saturated heterocycles. The van der Waals surface area contributed by atoms with Gasteiger partial charge in [-0.25, -0.2) is 9.59 Å². The summed E-state index contributed by atoms with van der Waals surface area (Å²) in [6.07, 6.45) is -0.663. The second kappa shape index (κ2) is 10.8. The van der Waals surface area contributed by atoms with Gasteiger partial charge < -0.3 is 25.6 Å². The van der Waals surface area contributed by atoms with Crippen molar-refractivity contribution in [2.45, 2.75) is 24.9 Å². The molecule has 1 unspecified atom stereocenters. The third-order valence-corrected chi connectivity index (χ3v) is 6.05. The van der Waals surface area contributed by atoms with Crippen LogP contribution >= 0.6 is 0 Å². The Morgan fingerprint density at radius 1 is 0.857 bits per heavy atom. The molecule has 1 aliphatic rings. The zero-order chi connectivity index (χ0) is 24.8. The van der Waals surface area contributed by atoms with Crippen molar-refractivity contribution >= 4 is 18.0 Å². The lowest BCUT2D eigenvalue weighted by molar-refractivity contribution is -0.142. The molecule has 0 aromatic heterocycles. The van der Waals surface area contributed by atoms with E-state index in [1.165, 1.54) is 0 Å². The minimum absolute atomic E-state index is 0.0437. The van der Waals surface area contributed by atoms with Crippen LogP contribution in [0, 0.1) is 0 Å². The van der Waals surface area contributed by atoms with Gasteiger partial charge in [-0.3, -0.25) is 4.79 Å². The van der Waals surface area contributed by atoms with Crippen LogP contribution in [0.3, 0.4) is 0 Å². The highest BCUT2D eigenvalue weighted by Crippen LogP contribution is 2.44. The average Bonchev–Trinajstić information content (AvgIpc) is 3.19. The molecule has 4 N–H and O–H groups in total. The van der Waals surface area contributed by atoms with Crippen LogP contribution in [0.2, 0.25) is 0 Å². The van der Waals surface area contributed by atoms with E-state index in [1.807, 2.05) is 36.4 Å². The summed E-state index contributed by atoms with van der Waals surface area (Å²) in [4.78, 5) is 35.7. The van der Waals surface area contributed by atoms with Crippen LogP contribution < -0.4 is 10.6 Å². The molecule has 180 valence electrons. The van der Waals surface area contributed by atoms with Gasteiger partial charge in [-0.05, 0) is 33.4 Å². The molecule has 1 atom stereocenters. The van der Waals surface area contributed by atoms with Crippen molar-refractivity contribution in [1.29, 1.82) is 0 Å². The normalized spacial score (nSPS) is 12.8. The van der Waals surface area contributed by atoms with Gasteiger partial charge in [0.15, 0.2) is 0 Å². The van der Waals surface area contributed by atoms with Crippen LogP contribution in [0.4, 0.5) is 4.79 Å². The summed E-state index contributed by atoms with van der Waals surface area (Å²) in [5, 5.41) is 23.1. The lowest BCUT2D eigenvalue weighted by Gasteiger charge is -2.16. The monoisotopic (exact) mass is 474 g/mol. The van der Waals surface area contributed by atoms with Gasteiger partial charge in [-0.1, -0.05) is 72.8 Å². The predicted octanol–water partition coefficient (Wildman–Crippen LogP) is 2.83. The van der Waals surface area contributed by atoms with Crippen LogP contribution in [-0.4, -0.2) is 47.4 Å². The van der Waals surface area contributed by atoms with Crippen LogP contribution in [0.25, 0.3) is 11.1 Å². The van der Waals surface area contributed by atoms with E-state index >= 15 is 0 Å². The Labute approximate surface area is 202 Å². The lowest BCUT2D eigenvalue weighted by atomic mass is 9.98. The standard InChI is InChI=1S/C27H26N2O6/c30-15-24(26(32)33)29-25(31)13-17-7-1-2-8-18(17)14-28-27(34)35-16-23-21-11-5-3-9-19(21)20-10-4-6-12-22(20)23/h1-12,23-24,30H,13-16H2,(H,28,34)(H,29,31)(H,32,33). The van der Waals surface area contributed by atoms with E-state index < -0.39 is 30.6 Å². The highest BCUT2D eigenvalue weighted by atomic mass is 16.5. The Morgan fingerprint density at radius 2 is 1.43 bits per heavy atom. The van der Waals surface area contributed by atoms with Crippen molar-refractivity contribution in [3.05, 3.63) is 95.1 Å². The predicted molar refractivity (Wildman–Crippen MR) is 129 cm³/mol. The fourth-order valence-corrected chi connectivity index (χ4v) is 4.32. The molecule has 8 nitrogen and oxygen atoms in total. The summed E-state index contributed by atoms with van der Waals surface area (Å²) in [5.74, 6) is -1.90. The molecule has 35 heavy (non-hydrogen) atoms. The smallest absolute Gasteiger partial charge is 0.407 e. The van der Waals surface area contributed by atoms with Crippen LogP contribution in [0.5, 0.6) is 0 Å². The number of aliphatic carboxylic acids is 1. The van der Waals surface area contributed by atoms with E-state index in [-0.39, 0.29) is 25.5 Å². The number of amides is 2. The fraction of sp³-hybridized carbons (Fsp3) is 0.222. The SMILES string of the molecule is O=C(Cc1ccccc1CNC(=O)OCC1c2ccccc2-c2ccccc21)NC(CO)C(=O)O. The molecule has 0 aliphatic heterocycles. The number of benzene rings is 3. The number of carboxylic acid groups (broad SMARTS) is 1.